The summed E-state index contributed by atoms with van der Waals surface area (Å²) >= 11 is 18.5. The lowest BCUT2D eigenvalue weighted by Crippen LogP contribution is -2.90. The molecular formula is C52H66S9Si7. The Kier molecular flexibility index (Phi) is 14.2. The molecule has 356 valence electrons. The molecule has 9 heterocycles. The predicted octanol–water partition coefficient (Wildman–Crippen LogP) is 17.3. The number of hydrogen-bond donors (Lipinski definition) is 0. The first-order chi connectivity index (χ1) is 31.7. The smallest absolute Gasteiger partial charge is 0.0904 e. The van der Waals surface area contributed by atoms with E-state index in [0.29, 0.717) is 0 Å². The highest BCUT2D eigenvalue weighted by atomic mass is 32.1. The third-order valence-corrected chi connectivity index (χ3v) is 113. The van der Waals surface area contributed by atoms with E-state index in [2.05, 4.69) is 248 Å². The monoisotopic (exact) mass is 1170 g/mol. The van der Waals surface area contributed by atoms with Crippen LogP contribution in [-0.4, -0.2) is 53.6 Å². The molecule has 0 unspecified atom stereocenters. The Morgan fingerprint density at radius 1 is 0.191 bits per heavy atom. The Balaban J connectivity index is 1.09. The molecule has 0 aromatic carbocycles. The van der Waals surface area contributed by atoms with Crippen molar-refractivity contribution in [3.05, 3.63) is 109 Å². The van der Waals surface area contributed by atoms with Gasteiger partial charge in [-0.15, -0.1) is 102 Å². The lowest BCUT2D eigenvalue weighted by Gasteiger charge is -2.57. The molecule has 0 spiro atoms. The van der Waals surface area contributed by atoms with Crippen molar-refractivity contribution in [1.29, 1.82) is 0 Å². The second-order valence-electron chi connectivity index (χ2n) is 23.2. The van der Waals surface area contributed by atoms with Crippen LogP contribution in [0.3, 0.4) is 0 Å². The summed E-state index contributed by atoms with van der Waals surface area (Å²) in [4.78, 5) is 17.2. The second-order valence-corrected chi connectivity index (χ2v) is 88.6. The van der Waals surface area contributed by atoms with Gasteiger partial charge in [0.05, 0.1) is 53.6 Å². The molecule has 68 heavy (non-hydrogen) atoms. The molecule has 16 heteroatoms. The summed E-state index contributed by atoms with van der Waals surface area (Å²) in [5.74, 6) is 0. The van der Waals surface area contributed by atoms with Crippen molar-refractivity contribution in [2.75, 3.05) is 0 Å². The Labute approximate surface area is 450 Å². The minimum absolute atomic E-state index is 1.34. The molecular weight excluding hydrogens is 1110 g/mol. The SMILES string of the molecule is C[Si](C)(C)c1ccc(-c2ccc(-c3ccc([Si](C)(C)[Si](C)([Si](C)(C)c4ccc(-c5ccc(-c6ccc([Si](C)(C)C)s6)s5)s4)[Si](C)(C)c4ccc(-c5ccc(-c6ccc([Si](C)(C)C)s6)s5)s4)s3)s2)s1. The van der Waals surface area contributed by atoms with E-state index in [1.54, 1.807) is 27.0 Å². The van der Waals surface area contributed by atoms with E-state index in [1.807, 2.05) is 68.0 Å². The molecule has 0 N–H and O–H groups in total. The summed E-state index contributed by atoms with van der Waals surface area (Å²) < 4.78 is 9.94. The van der Waals surface area contributed by atoms with Gasteiger partial charge in [-0.2, -0.15) is 0 Å². The molecule has 0 aliphatic heterocycles. The third-order valence-electron chi connectivity index (χ3n) is 14.7. The van der Waals surface area contributed by atoms with E-state index in [1.165, 1.54) is 58.5 Å². The van der Waals surface area contributed by atoms with Crippen LogP contribution in [0.2, 0.25) is 105 Å². The minimum atomic E-state index is -2.13. The van der Waals surface area contributed by atoms with Gasteiger partial charge < -0.3 is 0 Å². The van der Waals surface area contributed by atoms with Crippen molar-refractivity contribution < 1.29 is 0 Å². The highest BCUT2D eigenvalue weighted by molar-refractivity contribution is 7.96. The van der Waals surface area contributed by atoms with Crippen molar-refractivity contribution in [2.45, 2.75) is 105 Å². The van der Waals surface area contributed by atoms with Crippen molar-refractivity contribution in [2.24, 2.45) is 0 Å². The van der Waals surface area contributed by atoms with Gasteiger partial charge in [0.25, 0.3) is 0 Å². The summed E-state index contributed by atoms with van der Waals surface area (Å²) in [5, 5.41) is 0. The highest BCUT2D eigenvalue weighted by Crippen LogP contribution is 2.45. The zero-order valence-electron chi connectivity index (χ0n) is 42.6. The molecule has 0 radical (unpaired) electrons. The van der Waals surface area contributed by atoms with Gasteiger partial charge in [-0.25, -0.2) is 0 Å². The Morgan fingerprint density at radius 3 is 0.515 bits per heavy atom. The lowest BCUT2D eigenvalue weighted by atomic mass is 10.3. The molecule has 0 nitrogen and oxygen atoms in total. The second kappa shape index (κ2) is 18.6. The van der Waals surface area contributed by atoms with Gasteiger partial charge in [0.2, 0.25) is 0 Å². The first kappa shape index (κ1) is 51.7. The zero-order chi connectivity index (χ0) is 49.0. The van der Waals surface area contributed by atoms with Crippen molar-refractivity contribution >= 4 is 183 Å². The maximum Gasteiger partial charge on any atom is 0.0904 e. The van der Waals surface area contributed by atoms with Crippen LogP contribution in [-0.2, 0) is 0 Å². The van der Waals surface area contributed by atoms with E-state index >= 15 is 0 Å². The fourth-order valence-corrected chi connectivity index (χ4v) is 117. The molecule has 0 saturated carbocycles. The first-order valence-corrected chi connectivity index (χ1v) is 56.0. The maximum atomic E-state index is 2.96. The molecule has 9 aromatic rings. The first-order valence-electron chi connectivity index (χ1n) is 23.6. The molecule has 0 amide bonds. The van der Waals surface area contributed by atoms with Crippen LogP contribution in [0.1, 0.15) is 0 Å². The molecule has 0 atom stereocenters. The van der Waals surface area contributed by atoms with Gasteiger partial charge in [0, 0.05) is 58.5 Å². The van der Waals surface area contributed by atoms with E-state index in [4.69, 9.17) is 0 Å². The predicted molar refractivity (Wildman–Crippen MR) is 345 cm³/mol. The van der Waals surface area contributed by atoms with Gasteiger partial charge in [-0.3, -0.25) is 0 Å². The average Bonchev–Trinajstić information content (AvgIpc) is 4.12. The normalized spacial score (nSPS) is 13.6. The fourth-order valence-electron chi connectivity index (χ4n) is 9.93. The Morgan fingerprint density at radius 2 is 0.338 bits per heavy atom. The van der Waals surface area contributed by atoms with Crippen LogP contribution >= 0.6 is 102 Å². The lowest BCUT2D eigenvalue weighted by molar-refractivity contribution is 1.78. The van der Waals surface area contributed by atoms with Crippen molar-refractivity contribution in [3.63, 3.8) is 0 Å². The van der Waals surface area contributed by atoms with Crippen LogP contribution in [0.4, 0.5) is 0 Å². The van der Waals surface area contributed by atoms with Crippen LogP contribution in [0, 0.1) is 0 Å². The molecule has 9 rings (SSSR count). The van der Waals surface area contributed by atoms with E-state index in [-0.39, 0.29) is 0 Å². The van der Waals surface area contributed by atoms with Gasteiger partial charge in [-0.05, 0) is 99.8 Å². The standard InChI is InChI=1S/C52H66S9Si7/c1-62(2,3)47-29-23-41(56-47)35-17-20-38(53-35)44-26-32-50(59-44)65(10,11)68(16,66(12,13)51-33-27-45(60-51)39-21-18-36(54-39)42-24-30-48(57-42)63(4,5)6)67(14,15)52-34-28-46(61-52)40-22-19-37(55-40)43-25-31-49(58-43)64(7,8)9/h17-34H,1-16H3. The summed E-state index contributed by atoms with van der Waals surface area (Å²) in [6.07, 6.45) is 0. The molecule has 0 bridgehead atoms. The maximum absolute atomic E-state index is 2.96. The molecule has 0 saturated heterocycles. The number of thiophene rings is 9. The van der Waals surface area contributed by atoms with Crippen LogP contribution < -0.4 is 27.0 Å². The third kappa shape index (κ3) is 9.49. The van der Waals surface area contributed by atoms with E-state index in [0.717, 1.165) is 0 Å². The molecule has 0 aliphatic rings. The van der Waals surface area contributed by atoms with Gasteiger partial charge in [0.15, 0.2) is 0 Å². The van der Waals surface area contributed by atoms with Crippen LogP contribution in [0.5, 0.6) is 0 Å². The topological polar surface area (TPSA) is 0 Å². The fraction of sp³-hybridized carbons (Fsp3) is 0.308. The average molecular weight is 1180 g/mol. The van der Waals surface area contributed by atoms with E-state index in [9.17, 15) is 0 Å². The van der Waals surface area contributed by atoms with Gasteiger partial charge in [0.1, 0.15) is 0 Å². The van der Waals surface area contributed by atoms with Crippen LogP contribution in [0.15, 0.2) is 109 Å². The van der Waals surface area contributed by atoms with Gasteiger partial charge >= 0.3 is 0 Å². The van der Waals surface area contributed by atoms with E-state index < -0.39 is 53.6 Å². The zero-order valence-corrected chi connectivity index (χ0v) is 56.9. The molecule has 9 aromatic heterocycles. The molecule has 0 fully saturated rings. The van der Waals surface area contributed by atoms with Crippen LogP contribution in [0.25, 0.3) is 58.5 Å². The quantitative estimate of drug-likeness (QED) is 0.0898. The minimum Gasteiger partial charge on any atom is -0.144 e. The summed E-state index contributed by atoms with van der Waals surface area (Å²) in [5.41, 5.74) is 0. The largest absolute Gasteiger partial charge is 0.144 e. The highest BCUT2D eigenvalue weighted by Gasteiger charge is 2.66. The van der Waals surface area contributed by atoms with Crippen molar-refractivity contribution in [3.8, 4) is 58.5 Å². The van der Waals surface area contributed by atoms with Crippen molar-refractivity contribution in [1.82, 2.24) is 0 Å². The number of rotatable bonds is 15. The summed E-state index contributed by atoms with van der Waals surface area (Å²) in [6, 6.07) is 44.0. The number of hydrogen-bond acceptors (Lipinski definition) is 9. The van der Waals surface area contributed by atoms with Gasteiger partial charge in [-0.1, -0.05) is 141 Å². The summed E-state index contributed by atoms with van der Waals surface area (Å²) in [6.45, 7) is 40.0. The summed E-state index contributed by atoms with van der Waals surface area (Å²) in [7, 11) is -10.3. The Bertz CT molecular complexity index is 2880. The Hall–Kier alpha value is -1.18. The molecule has 0 aliphatic carbocycles.